The third kappa shape index (κ3) is 3.84. The van der Waals surface area contributed by atoms with Crippen molar-refractivity contribution in [2.75, 3.05) is 13.2 Å². The van der Waals surface area contributed by atoms with Crippen molar-refractivity contribution in [1.29, 1.82) is 0 Å². The largest absolute Gasteiger partial charge is 0.468 e. The molecule has 2 aromatic rings. The topological polar surface area (TPSA) is 42.7 Å². The molecule has 0 saturated carbocycles. The maximum absolute atomic E-state index is 12.7. The van der Waals surface area contributed by atoms with Gasteiger partial charge in [0.25, 0.3) is 5.91 Å². The van der Waals surface area contributed by atoms with Crippen LogP contribution in [-0.2, 0) is 10.5 Å². The van der Waals surface area contributed by atoms with Gasteiger partial charge in [0.1, 0.15) is 11.1 Å². The molecule has 0 spiro atoms. The van der Waals surface area contributed by atoms with E-state index >= 15 is 0 Å². The average molecular weight is 345 g/mol. The summed E-state index contributed by atoms with van der Waals surface area (Å²) in [7, 11) is 0. The Hall–Kier alpha value is -1.72. The Morgan fingerprint density at radius 2 is 2.08 bits per heavy atom. The van der Waals surface area contributed by atoms with Gasteiger partial charge in [-0.2, -0.15) is 0 Å². The van der Waals surface area contributed by atoms with Gasteiger partial charge in [-0.1, -0.05) is 18.2 Å². The van der Waals surface area contributed by atoms with E-state index in [1.165, 1.54) is 0 Å². The summed E-state index contributed by atoms with van der Waals surface area (Å²) in [5, 5.41) is 0.0397. The molecule has 0 fully saturated rings. The fraction of sp³-hybridized carbons (Fsp3) is 0.421. The van der Waals surface area contributed by atoms with Crippen molar-refractivity contribution in [2.45, 2.75) is 37.5 Å². The molecule has 4 nitrogen and oxygen atoms in total. The number of benzene rings is 1. The van der Waals surface area contributed by atoms with E-state index in [2.05, 4.69) is 6.07 Å². The summed E-state index contributed by atoms with van der Waals surface area (Å²) < 4.78 is 11.0. The first-order chi connectivity index (χ1) is 11.7. The van der Waals surface area contributed by atoms with Gasteiger partial charge in [0.15, 0.2) is 0 Å². The minimum atomic E-state index is 0.0397. The van der Waals surface area contributed by atoms with E-state index in [1.807, 2.05) is 49.1 Å². The molecule has 1 aromatic carbocycles. The number of carbonyl (C=O) groups excluding carboxylic acids is 1. The highest BCUT2D eigenvalue weighted by atomic mass is 32.2. The molecule has 1 aliphatic heterocycles. The molecule has 0 N–H and O–H groups in total. The Bertz CT molecular complexity index is 669. The molecule has 0 aliphatic carbocycles. The van der Waals surface area contributed by atoms with E-state index in [9.17, 15) is 4.79 Å². The molecular formula is C19H23NO3S. The summed E-state index contributed by atoms with van der Waals surface area (Å²) in [6.07, 6.45) is 2.75. The van der Waals surface area contributed by atoms with Gasteiger partial charge in [0, 0.05) is 18.7 Å². The van der Waals surface area contributed by atoms with Gasteiger partial charge < -0.3 is 14.1 Å². The van der Waals surface area contributed by atoms with Crippen LogP contribution in [0.5, 0.6) is 0 Å². The number of amides is 1. The van der Waals surface area contributed by atoms with Crippen molar-refractivity contribution in [2.24, 2.45) is 0 Å². The molecule has 2 heterocycles. The lowest BCUT2D eigenvalue weighted by molar-refractivity contribution is 0.0625. The van der Waals surface area contributed by atoms with Gasteiger partial charge in [0.2, 0.25) is 0 Å². The minimum absolute atomic E-state index is 0.0397. The molecule has 3 rings (SSSR count). The normalized spacial score (nSPS) is 16.9. The predicted octanol–water partition coefficient (Wildman–Crippen LogP) is 4.48. The van der Waals surface area contributed by atoms with Crippen LogP contribution >= 0.6 is 11.8 Å². The van der Waals surface area contributed by atoms with Gasteiger partial charge in [-0.25, -0.2) is 0 Å². The Labute approximate surface area is 147 Å². The first kappa shape index (κ1) is 17.1. The molecule has 1 aromatic heterocycles. The third-order valence-electron chi connectivity index (χ3n) is 3.96. The highest BCUT2D eigenvalue weighted by molar-refractivity contribution is 7.98. The molecule has 1 atom stereocenters. The Morgan fingerprint density at radius 1 is 1.25 bits per heavy atom. The zero-order chi connectivity index (χ0) is 16.9. The van der Waals surface area contributed by atoms with Crippen molar-refractivity contribution < 1.29 is 13.9 Å². The Balaban J connectivity index is 1.69. The standard InChI is InChI=1S/C19H23NO3S/c1-14(2)22-12-6-10-20-18(21)16-8-3-4-9-17(16)19(20)24-13-15-7-5-11-23-15/h3-5,7-9,11,14,19H,6,10,12-13H2,1-2H3/t19-/m1/s1. The number of ether oxygens (including phenoxy) is 1. The van der Waals surface area contributed by atoms with E-state index in [1.54, 1.807) is 18.0 Å². The van der Waals surface area contributed by atoms with Gasteiger partial charge in [0.05, 0.1) is 18.1 Å². The second kappa shape index (κ2) is 7.90. The number of carbonyl (C=O) groups is 1. The first-order valence-corrected chi connectivity index (χ1v) is 9.37. The van der Waals surface area contributed by atoms with Gasteiger partial charge >= 0.3 is 0 Å². The molecule has 1 aliphatic rings. The summed E-state index contributed by atoms with van der Waals surface area (Å²) in [5.41, 5.74) is 1.92. The second-order valence-corrected chi connectivity index (χ2v) is 7.17. The number of furan rings is 1. The number of fused-ring (bicyclic) bond motifs is 1. The summed E-state index contributed by atoms with van der Waals surface area (Å²) in [6, 6.07) is 11.8. The lowest BCUT2D eigenvalue weighted by Gasteiger charge is -2.25. The van der Waals surface area contributed by atoms with Crippen molar-refractivity contribution in [3.63, 3.8) is 0 Å². The summed E-state index contributed by atoms with van der Waals surface area (Å²) in [6.45, 7) is 5.43. The highest BCUT2D eigenvalue weighted by Gasteiger charge is 2.36. The van der Waals surface area contributed by atoms with Crippen molar-refractivity contribution in [1.82, 2.24) is 4.90 Å². The lowest BCUT2D eigenvalue weighted by Crippen LogP contribution is -2.28. The fourth-order valence-corrected chi connectivity index (χ4v) is 4.10. The molecule has 128 valence electrons. The molecule has 5 heteroatoms. The van der Waals surface area contributed by atoms with E-state index in [0.29, 0.717) is 13.2 Å². The Kier molecular flexibility index (Phi) is 5.63. The van der Waals surface area contributed by atoms with E-state index in [-0.39, 0.29) is 17.4 Å². The summed E-state index contributed by atoms with van der Waals surface area (Å²) in [4.78, 5) is 14.7. The van der Waals surface area contributed by atoms with E-state index in [0.717, 1.165) is 29.1 Å². The van der Waals surface area contributed by atoms with Crippen LogP contribution in [0.25, 0.3) is 0 Å². The van der Waals surface area contributed by atoms with Crippen molar-refractivity contribution >= 4 is 17.7 Å². The number of nitrogens with zero attached hydrogens (tertiary/aromatic N) is 1. The highest BCUT2D eigenvalue weighted by Crippen LogP contribution is 2.42. The molecular weight excluding hydrogens is 322 g/mol. The van der Waals surface area contributed by atoms with E-state index in [4.69, 9.17) is 9.15 Å². The average Bonchev–Trinajstić information content (AvgIpc) is 3.17. The van der Waals surface area contributed by atoms with Gasteiger partial charge in [-0.15, -0.1) is 11.8 Å². The molecule has 24 heavy (non-hydrogen) atoms. The number of rotatable bonds is 8. The minimum Gasteiger partial charge on any atom is -0.468 e. The van der Waals surface area contributed by atoms with Crippen LogP contribution in [0, 0.1) is 0 Å². The van der Waals surface area contributed by atoms with Crippen LogP contribution in [0.1, 0.15) is 47.3 Å². The molecule has 0 bridgehead atoms. The molecule has 1 amide bonds. The zero-order valence-electron chi connectivity index (χ0n) is 14.1. The van der Waals surface area contributed by atoms with Crippen LogP contribution in [0.3, 0.4) is 0 Å². The number of thioether (sulfide) groups is 1. The summed E-state index contributed by atoms with van der Waals surface area (Å²) >= 11 is 1.73. The van der Waals surface area contributed by atoms with Crippen LogP contribution in [0.15, 0.2) is 47.1 Å². The Morgan fingerprint density at radius 3 is 2.83 bits per heavy atom. The van der Waals surface area contributed by atoms with Crippen molar-refractivity contribution in [3.05, 3.63) is 59.5 Å². The second-order valence-electron chi connectivity index (χ2n) is 6.10. The molecule has 0 saturated heterocycles. The lowest BCUT2D eigenvalue weighted by atomic mass is 10.1. The number of hydrogen-bond acceptors (Lipinski definition) is 4. The number of hydrogen-bond donors (Lipinski definition) is 0. The molecule has 0 radical (unpaired) electrons. The van der Waals surface area contributed by atoms with Crippen LogP contribution in [-0.4, -0.2) is 30.1 Å². The van der Waals surface area contributed by atoms with E-state index < -0.39 is 0 Å². The van der Waals surface area contributed by atoms with Gasteiger partial charge in [-0.3, -0.25) is 4.79 Å². The van der Waals surface area contributed by atoms with Gasteiger partial charge in [-0.05, 0) is 44.0 Å². The first-order valence-electron chi connectivity index (χ1n) is 8.32. The summed E-state index contributed by atoms with van der Waals surface area (Å²) in [5.74, 6) is 1.80. The zero-order valence-corrected chi connectivity index (χ0v) is 14.9. The molecule has 0 unspecified atom stereocenters. The van der Waals surface area contributed by atoms with Crippen LogP contribution in [0.2, 0.25) is 0 Å². The SMILES string of the molecule is CC(C)OCCCN1C(=O)c2ccccc2[C@H]1SCc1ccco1. The van der Waals surface area contributed by atoms with Crippen LogP contribution in [0.4, 0.5) is 0 Å². The van der Waals surface area contributed by atoms with Crippen molar-refractivity contribution in [3.8, 4) is 0 Å². The maximum atomic E-state index is 12.7. The quantitative estimate of drug-likeness (QED) is 0.662. The maximum Gasteiger partial charge on any atom is 0.255 e. The smallest absolute Gasteiger partial charge is 0.255 e. The predicted molar refractivity (Wildman–Crippen MR) is 95.9 cm³/mol. The monoisotopic (exact) mass is 345 g/mol. The van der Waals surface area contributed by atoms with Crippen LogP contribution < -0.4 is 0 Å². The fourth-order valence-electron chi connectivity index (χ4n) is 2.84. The third-order valence-corrected chi connectivity index (χ3v) is 5.23.